The number of rotatable bonds is 2. The number of ether oxygens (including phenoxy) is 2. The predicted molar refractivity (Wildman–Crippen MR) is 90.9 cm³/mol. The van der Waals surface area contributed by atoms with Gasteiger partial charge in [-0.25, -0.2) is 9.59 Å². The van der Waals surface area contributed by atoms with Crippen LogP contribution in [0.5, 0.6) is 0 Å². The van der Waals surface area contributed by atoms with Crippen molar-refractivity contribution in [2.24, 2.45) is 0 Å². The molecule has 0 amide bonds. The maximum absolute atomic E-state index is 12.5. The number of carbonyl (C=O) groups excluding carboxylic acids is 2. The van der Waals surface area contributed by atoms with Crippen LogP contribution in [-0.2, 0) is 18.8 Å². The number of hydrogen-bond donors (Lipinski definition) is 0. The van der Waals surface area contributed by atoms with Gasteiger partial charge in [-0.2, -0.15) is 9.78 Å². The van der Waals surface area contributed by atoms with Gasteiger partial charge in [0.1, 0.15) is 5.60 Å². The average molecular weight is 352 g/mol. The van der Waals surface area contributed by atoms with E-state index in [1.165, 1.54) is 13.2 Å². The molecule has 0 aliphatic carbocycles. The van der Waals surface area contributed by atoms with Crippen LogP contribution < -0.4 is 5.59 Å². The number of nitrogens with zero attached hydrogens (tertiary/aromatic N) is 2. The molecule has 1 fully saturated rings. The van der Waals surface area contributed by atoms with Crippen LogP contribution in [0, 0.1) is 0 Å². The van der Waals surface area contributed by atoms with E-state index < -0.39 is 36.0 Å². The fraction of sp³-hybridized carbons (Fsp3) is 0.688. The minimum atomic E-state index is -0.872. The Kier molecular flexibility index (Phi) is 4.78. The third-order valence-corrected chi connectivity index (χ3v) is 4.19. The van der Waals surface area contributed by atoms with Crippen molar-refractivity contribution in [1.82, 2.24) is 9.78 Å². The van der Waals surface area contributed by atoms with Gasteiger partial charge in [-0.1, -0.05) is 0 Å². The van der Waals surface area contributed by atoms with E-state index in [2.05, 4.69) is 9.84 Å². The molecule has 9 heteroatoms. The van der Waals surface area contributed by atoms with Crippen molar-refractivity contribution >= 4 is 24.8 Å². The van der Waals surface area contributed by atoms with Crippen LogP contribution in [-0.4, -0.2) is 52.9 Å². The van der Waals surface area contributed by atoms with Crippen molar-refractivity contribution in [3.05, 3.63) is 11.8 Å². The lowest BCUT2D eigenvalue weighted by Gasteiger charge is -2.32. The second-order valence-electron chi connectivity index (χ2n) is 7.93. The van der Waals surface area contributed by atoms with Gasteiger partial charge in [-0.3, -0.25) is 0 Å². The summed E-state index contributed by atoms with van der Waals surface area (Å²) < 4.78 is 22.9. The molecule has 1 aromatic rings. The minimum Gasteiger partial charge on any atom is -0.464 e. The first kappa shape index (κ1) is 19.5. The van der Waals surface area contributed by atoms with E-state index in [1.807, 2.05) is 27.7 Å². The Bertz CT molecular complexity index is 673. The summed E-state index contributed by atoms with van der Waals surface area (Å²) in [5, 5.41) is 4.01. The summed E-state index contributed by atoms with van der Waals surface area (Å²) in [6, 6.07) is 1.41. The number of carbonyl (C=O) groups is 2. The van der Waals surface area contributed by atoms with Gasteiger partial charge in [0.15, 0.2) is 5.69 Å². The average Bonchev–Trinajstić information content (AvgIpc) is 2.96. The molecule has 0 radical (unpaired) electrons. The second-order valence-corrected chi connectivity index (χ2v) is 7.93. The van der Waals surface area contributed by atoms with Gasteiger partial charge in [0.05, 0.1) is 23.9 Å². The first-order valence-corrected chi connectivity index (χ1v) is 8.05. The summed E-state index contributed by atoms with van der Waals surface area (Å²) in [6.07, 6.45) is -0.729. The molecule has 8 nitrogen and oxygen atoms in total. The van der Waals surface area contributed by atoms with Gasteiger partial charge in [0.2, 0.25) is 0 Å². The van der Waals surface area contributed by atoms with E-state index in [4.69, 9.17) is 14.0 Å². The van der Waals surface area contributed by atoms with Gasteiger partial charge < -0.3 is 18.8 Å². The fourth-order valence-corrected chi connectivity index (χ4v) is 2.18. The quantitative estimate of drug-likeness (QED) is 0.592. The first-order valence-electron chi connectivity index (χ1n) is 8.05. The first-order chi connectivity index (χ1) is 11.3. The highest BCUT2D eigenvalue weighted by molar-refractivity contribution is 6.61. The number of methoxy groups -OCH3 is 1. The molecule has 1 aliphatic heterocycles. The Labute approximate surface area is 147 Å². The second kappa shape index (κ2) is 6.14. The third-order valence-electron chi connectivity index (χ3n) is 4.19. The molecule has 0 unspecified atom stereocenters. The molecule has 0 bridgehead atoms. The van der Waals surface area contributed by atoms with Crippen molar-refractivity contribution in [2.45, 2.75) is 65.3 Å². The normalized spacial score (nSPS) is 19.0. The van der Waals surface area contributed by atoms with Crippen molar-refractivity contribution in [1.29, 1.82) is 0 Å². The van der Waals surface area contributed by atoms with E-state index in [-0.39, 0.29) is 11.3 Å². The minimum absolute atomic E-state index is 0.0296. The molecule has 0 spiro atoms. The van der Waals surface area contributed by atoms with Crippen LogP contribution in [0.15, 0.2) is 6.07 Å². The molecular formula is C16H25BN2O6. The maximum atomic E-state index is 12.5. The molecule has 0 N–H and O–H groups in total. The van der Waals surface area contributed by atoms with E-state index in [1.54, 1.807) is 20.8 Å². The molecule has 138 valence electrons. The Morgan fingerprint density at radius 1 is 1.16 bits per heavy atom. The lowest BCUT2D eigenvalue weighted by molar-refractivity contribution is 0.00578. The van der Waals surface area contributed by atoms with Gasteiger partial charge in [-0.05, 0) is 54.5 Å². The zero-order chi connectivity index (χ0) is 19.2. The van der Waals surface area contributed by atoms with Crippen molar-refractivity contribution < 1.29 is 28.4 Å². The van der Waals surface area contributed by atoms with Crippen molar-refractivity contribution in [3.63, 3.8) is 0 Å². The highest BCUT2D eigenvalue weighted by atomic mass is 16.7. The van der Waals surface area contributed by atoms with Crippen molar-refractivity contribution in [3.8, 4) is 0 Å². The SMILES string of the molecule is COC(=O)c1cc(B2OC(C)(C)C(C)(C)O2)n(C(=O)OC(C)(C)C)n1. The molecule has 0 aromatic carbocycles. The monoisotopic (exact) mass is 352 g/mol. The van der Waals surface area contributed by atoms with E-state index in [0.717, 1.165) is 4.68 Å². The van der Waals surface area contributed by atoms with Crippen LogP contribution in [0.4, 0.5) is 4.79 Å². The molecule has 1 aliphatic rings. The number of aromatic nitrogens is 2. The smallest absolute Gasteiger partial charge is 0.464 e. The molecule has 2 heterocycles. The maximum Gasteiger partial charge on any atom is 0.514 e. The number of hydrogen-bond acceptors (Lipinski definition) is 7. The summed E-state index contributed by atoms with van der Waals surface area (Å²) in [5.74, 6) is -0.667. The Morgan fingerprint density at radius 2 is 1.68 bits per heavy atom. The molecule has 0 saturated carbocycles. The van der Waals surface area contributed by atoms with Gasteiger partial charge in [0, 0.05) is 0 Å². The summed E-state index contributed by atoms with van der Waals surface area (Å²) >= 11 is 0. The van der Waals surface area contributed by atoms with Crippen LogP contribution >= 0.6 is 0 Å². The van der Waals surface area contributed by atoms with Crippen LogP contribution in [0.2, 0.25) is 0 Å². The molecule has 1 aromatic heterocycles. The van der Waals surface area contributed by atoms with E-state index >= 15 is 0 Å². The Balaban J connectivity index is 2.44. The summed E-state index contributed by atoms with van der Waals surface area (Å²) in [6.45, 7) is 12.8. The summed E-state index contributed by atoms with van der Waals surface area (Å²) in [7, 11) is 0.368. The van der Waals surface area contributed by atoms with Crippen LogP contribution in [0.25, 0.3) is 0 Å². The Morgan fingerprint density at radius 3 is 2.12 bits per heavy atom. The van der Waals surface area contributed by atoms with Crippen molar-refractivity contribution in [2.75, 3.05) is 7.11 Å². The lowest BCUT2D eigenvalue weighted by atomic mass is 9.84. The molecule has 1 saturated heterocycles. The third kappa shape index (κ3) is 3.87. The summed E-state index contributed by atoms with van der Waals surface area (Å²) in [5.41, 5.74) is -1.69. The highest BCUT2D eigenvalue weighted by Gasteiger charge is 2.53. The Hall–Kier alpha value is -1.87. The fourth-order valence-electron chi connectivity index (χ4n) is 2.18. The van der Waals surface area contributed by atoms with Gasteiger partial charge >= 0.3 is 19.2 Å². The van der Waals surface area contributed by atoms with Gasteiger partial charge in [0.25, 0.3) is 0 Å². The molecular weight excluding hydrogens is 327 g/mol. The van der Waals surface area contributed by atoms with Gasteiger partial charge in [-0.15, -0.1) is 0 Å². The molecule has 25 heavy (non-hydrogen) atoms. The van der Waals surface area contributed by atoms with E-state index in [0.29, 0.717) is 0 Å². The molecule has 2 rings (SSSR count). The van der Waals surface area contributed by atoms with Crippen LogP contribution in [0.3, 0.4) is 0 Å². The highest BCUT2D eigenvalue weighted by Crippen LogP contribution is 2.36. The predicted octanol–water partition coefficient (Wildman–Crippen LogP) is 1.75. The van der Waals surface area contributed by atoms with Crippen LogP contribution in [0.1, 0.15) is 59.0 Å². The largest absolute Gasteiger partial charge is 0.514 e. The zero-order valence-electron chi connectivity index (χ0n) is 16.0. The van der Waals surface area contributed by atoms with E-state index in [9.17, 15) is 9.59 Å². The number of esters is 1. The summed E-state index contributed by atoms with van der Waals surface area (Å²) in [4.78, 5) is 24.3. The zero-order valence-corrected chi connectivity index (χ0v) is 16.0. The topological polar surface area (TPSA) is 88.9 Å². The lowest BCUT2D eigenvalue weighted by Crippen LogP contribution is -2.43. The molecule has 0 atom stereocenters. The standard InChI is InChI=1S/C16H25BN2O6/c1-14(2,3)23-13(21)19-11(9-10(18-19)12(20)22-8)17-24-15(4,5)16(6,7)25-17/h9H,1-8H3.